The van der Waals surface area contributed by atoms with Gasteiger partial charge in [0.25, 0.3) is 0 Å². The third-order valence-electron chi connectivity index (χ3n) is 3.23. The first-order chi connectivity index (χ1) is 9.99. The highest BCUT2D eigenvalue weighted by Gasteiger charge is 2.12. The molecule has 0 saturated heterocycles. The van der Waals surface area contributed by atoms with Gasteiger partial charge in [-0.3, -0.25) is 14.4 Å². The molecule has 0 aliphatic heterocycles. The van der Waals surface area contributed by atoms with E-state index in [1.54, 1.807) is 35.0 Å². The lowest BCUT2D eigenvalue weighted by molar-refractivity contribution is -0.141. The van der Waals surface area contributed by atoms with Crippen LogP contribution in [0.1, 0.15) is 6.92 Å². The molecule has 0 aliphatic rings. The minimum absolute atomic E-state index is 0.0349. The average molecular weight is 288 g/mol. The predicted molar refractivity (Wildman–Crippen MR) is 78.0 cm³/mol. The highest BCUT2D eigenvalue weighted by molar-refractivity contribution is 5.82. The summed E-state index contributed by atoms with van der Waals surface area (Å²) in [6.45, 7) is 1.64. The van der Waals surface area contributed by atoms with Crippen LogP contribution in [0.5, 0.6) is 0 Å². The first-order valence-corrected chi connectivity index (χ1v) is 6.56. The number of amides is 1. The number of aliphatic carboxylic acids is 1. The normalized spacial score (nSPS) is 12.0. The first-order valence-electron chi connectivity index (χ1n) is 6.56. The van der Waals surface area contributed by atoms with Gasteiger partial charge in [0.2, 0.25) is 5.91 Å². The fraction of sp³-hybridized carbons (Fsp3) is 0.267. The van der Waals surface area contributed by atoms with Crippen LogP contribution in [0.3, 0.4) is 0 Å². The van der Waals surface area contributed by atoms with Crippen LogP contribution in [0.4, 0.5) is 0 Å². The summed E-state index contributed by atoms with van der Waals surface area (Å²) in [4.78, 5) is 34.3. The lowest BCUT2D eigenvalue weighted by Gasteiger charge is -2.12. The largest absolute Gasteiger partial charge is 0.481 e. The van der Waals surface area contributed by atoms with E-state index in [9.17, 15) is 14.4 Å². The fourth-order valence-corrected chi connectivity index (χ4v) is 1.96. The van der Waals surface area contributed by atoms with Crippen LogP contribution in [0.15, 0.2) is 41.3 Å². The minimum atomic E-state index is -0.955. The van der Waals surface area contributed by atoms with Gasteiger partial charge in [-0.1, -0.05) is 19.1 Å². The van der Waals surface area contributed by atoms with E-state index in [0.717, 1.165) is 0 Å². The molecule has 21 heavy (non-hydrogen) atoms. The molecule has 1 heterocycles. The zero-order valence-corrected chi connectivity index (χ0v) is 11.6. The van der Waals surface area contributed by atoms with Gasteiger partial charge >= 0.3 is 5.97 Å². The zero-order valence-electron chi connectivity index (χ0n) is 11.6. The van der Waals surface area contributed by atoms with E-state index in [-0.39, 0.29) is 24.4 Å². The summed E-state index contributed by atoms with van der Waals surface area (Å²) in [5.74, 6) is -1.89. The molecule has 0 aliphatic carbocycles. The van der Waals surface area contributed by atoms with Crippen molar-refractivity contribution in [2.75, 3.05) is 6.54 Å². The van der Waals surface area contributed by atoms with Crippen LogP contribution in [0.2, 0.25) is 0 Å². The van der Waals surface area contributed by atoms with Gasteiger partial charge in [0, 0.05) is 24.2 Å². The van der Waals surface area contributed by atoms with E-state index in [1.165, 1.54) is 13.0 Å². The molecule has 1 atom stereocenters. The molecule has 0 saturated carbocycles. The number of nitrogens with one attached hydrogen (secondary N) is 1. The van der Waals surface area contributed by atoms with Gasteiger partial charge in [0.1, 0.15) is 6.54 Å². The van der Waals surface area contributed by atoms with Gasteiger partial charge in [0.05, 0.1) is 11.4 Å². The molecule has 1 aromatic heterocycles. The number of rotatable bonds is 5. The molecule has 1 aromatic carbocycles. The molecule has 1 unspecified atom stereocenters. The van der Waals surface area contributed by atoms with Gasteiger partial charge in [-0.25, -0.2) is 0 Å². The van der Waals surface area contributed by atoms with Crippen molar-refractivity contribution < 1.29 is 14.7 Å². The van der Waals surface area contributed by atoms with Crippen molar-refractivity contribution in [3.8, 4) is 0 Å². The predicted octanol–water partition coefficient (Wildman–Crippen LogP) is 0.838. The Labute approximate surface area is 121 Å². The van der Waals surface area contributed by atoms with E-state index in [0.29, 0.717) is 10.9 Å². The summed E-state index contributed by atoms with van der Waals surface area (Å²) in [6, 6.07) is 8.45. The van der Waals surface area contributed by atoms with Crippen LogP contribution in [0.25, 0.3) is 10.9 Å². The second-order valence-corrected chi connectivity index (χ2v) is 4.87. The highest BCUT2D eigenvalue weighted by atomic mass is 16.4. The van der Waals surface area contributed by atoms with Crippen LogP contribution in [-0.4, -0.2) is 28.1 Å². The SMILES string of the molecule is CC(CNC(=O)Cn1ccc(=O)c2ccccc21)C(=O)O. The molecule has 0 spiro atoms. The minimum Gasteiger partial charge on any atom is -0.481 e. The molecule has 0 bridgehead atoms. The number of hydrogen-bond acceptors (Lipinski definition) is 3. The maximum absolute atomic E-state index is 11.9. The lowest BCUT2D eigenvalue weighted by atomic mass is 10.2. The Balaban J connectivity index is 2.13. The Morgan fingerprint density at radius 1 is 1.29 bits per heavy atom. The Bertz CT molecular complexity index is 736. The van der Waals surface area contributed by atoms with E-state index in [2.05, 4.69) is 5.32 Å². The number of nitrogens with zero attached hydrogens (tertiary/aromatic N) is 1. The first kappa shape index (κ1) is 14.8. The number of carbonyl (C=O) groups excluding carboxylic acids is 1. The second kappa shape index (κ2) is 6.21. The molecule has 2 N–H and O–H groups in total. The van der Waals surface area contributed by atoms with Crippen molar-refractivity contribution >= 4 is 22.8 Å². The molecule has 2 rings (SSSR count). The highest BCUT2D eigenvalue weighted by Crippen LogP contribution is 2.09. The monoisotopic (exact) mass is 288 g/mol. The summed E-state index contributed by atoms with van der Waals surface area (Å²) >= 11 is 0. The van der Waals surface area contributed by atoms with Crippen molar-refractivity contribution in [2.45, 2.75) is 13.5 Å². The number of hydrogen-bond donors (Lipinski definition) is 2. The van der Waals surface area contributed by atoms with Crippen molar-refractivity contribution in [1.29, 1.82) is 0 Å². The maximum Gasteiger partial charge on any atom is 0.308 e. The molecular weight excluding hydrogens is 272 g/mol. The number of carbonyl (C=O) groups is 2. The van der Waals surface area contributed by atoms with Gasteiger partial charge in [-0.05, 0) is 12.1 Å². The van der Waals surface area contributed by atoms with E-state index in [4.69, 9.17) is 5.11 Å². The molecule has 110 valence electrons. The summed E-state index contributed by atoms with van der Waals surface area (Å²) < 4.78 is 1.66. The Morgan fingerprint density at radius 2 is 2.00 bits per heavy atom. The van der Waals surface area contributed by atoms with Crippen molar-refractivity contribution in [3.05, 3.63) is 46.8 Å². The average Bonchev–Trinajstić information content (AvgIpc) is 2.48. The second-order valence-electron chi connectivity index (χ2n) is 4.87. The van der Waals surface area contributed by atoms with Gasteiger partial charge < -0.3 is 15.0 Å². The standard InChI is InChI=1S/C15H16N2O4/c1-10(15(20)21)8-16-14(19)9-17-7-6-13(18)11-4-2-3-5-12(11)17/h2-7,10H,8-9H2,1H3,(H,16,19)(H,20,21). The number of carboxylic acids is 1. The Hall–Kier alpha value is -2.63. The number of carboxylic acid groups (broad SMARTS) is 1. The summed E-state index contributed by atoms with van der Waals surface area (Å²) in [6.07, 6.45) is 1.56. The molecule has 0 fully saturated rings. The third-order valence-corrected chi connectivity index (χ3v) is 3.23. The van der Waals surface area contributed by atoms with Gasteiger partial charge in [-0.2, -0.15) is 0 Å². The number of benzene rings is 1. The fourth-order valence-electron chi connectivity index (χ4n) is 1.96. The molecule has 1 amide bonds. The quantitative estimate of drug-likeness (QED) is 0.853. The maximum atomic E-state index is 11.9. The van der Waals surface area contributed by atoms with Crippen molar-refractivity contribution in [1.82, 2.24) is 9.88 Å². The molecule has 2 aromatic rings. The van der Waals surface area contributed by atoms with Gasteiger partial charge in [0.15, 0.2) is 5.43 Å². The smallest absolute Gasteiger partial charge is 0.308 e. The number of aromatic nitrogens is 1. The van der Waals surface area contributed by atoms with E-state index < -0.39 is 11.9 Å². The molecule has 0 radical (unpaired) electrons. The van der Waals surface area contributed by atoms with Crippen LogP contribution < -0.4 is 10.7 Å². The molecular formula is C15H16N2O4. The number of para-hydroxylation sites is 1. The number of fused-ring (bicyclic) bond motifs is 1. The summed E-state index contributed by atoms with van der Waals surface area (Å²) in [5, 5.41) is 11.9. The Morgan fingerprint density at radius 3 is 2.71 bits per heavy atom. The van der Waals surface area contributed by atoms with Crippen LogP contribution in [-0.2, 0) is 16.1 Å². The van der Waals surface area contributed by atoms with Crippen LogP contribution >= 0.6 is 0 Å². The zero-order chi connectivity index (χ0) is 15.4. The molecule has 6 heteroatoms. The van der Waals surface area contributed by atoms with E-state index in [1.807, 2.05) is 0 Å². The van der Waals surface area contributed by atoms with Crippen LogP contribution in [0, 0.1) is 5.92 Å². The summed E-state index contributed by atoms with van der Waals surface area (Å²) in [5.41, 5.74) is 0.577. The van der Waals surface area contributed by atoms with Crippen molar-refractivity contribution in [3.63, 3.8) is 0 Å². The lowest BCUT2D eigenvalue weighted by Crippen LogP contribution is -2.34. The number of pyridine rings is 1. The Kier molecular flexibility index (Phi) is 4.37. The molecule has 6 nitrogen and oxygen atoms in total. The third kappa shape index (κ3) is 3.47. The topological polar surface area (TPSA) is 88.4 Å². The van der Waals surface area contributed by atoms with Gasteiger partial charge in [-0.15, -0.1) is 0 Å². The van der Waals surface area contributed by atoms with Crippen molar-refractivity contribution in [2.24, 2.45) is 5.92 Å². The van der Waals surface area contributed by atoms with E-state index >= 15 is 0 Å². The summed E-state index contributed by atoms with van der Waals surface area (Å²) in [7, 11) is 0.